The Bertz CT molecular complexity index is 6030. The van der Waals surface area contributed by atoms with Gasteiger partial charge in [-0.2, -0.15) is 0 Å². The number of para-hydroxylation sites is 6. The maximum Gasteiger partial charge on any atom is 0.151 e. The summed E-state index contributed by atoms with van der Waals surface area (Å²) in [6, 6.07) is 137. The normalized spacial score (nSPS) is 12.3. The number of nitrogens with zero attached hydrogens (tertiary/aromatic N) is 2. The lowest BCUT2D eigenvalue weighted by Crippen LogP contribution is -2.15. The molecule has 0 bridgehead atoms. The van der Waals surface area contributed by atoms with Gasteiger partial charge in [0.2, 0.25) is 0 Å². The molecule has 0 spiro atoms. The summed E-state index contributed by atoms with van der Waals surface area (Å²) < 4.78 is 6.28. The first-order valence-electron chi connectivity index (χ1n) is 35.0. The molecule has 2 aliphatic rings. The maximum absolute atomic E-state index is 6.28. The molecule has 18 aromatic rings. The van der Waals surface area contributed by atoms with Crippen molar-refractivity contribution in [2.75, 3.05) is 9.80 Å². The molecule has 0 amide bonds. The number of fused-ring (bicyclic) bond motifs is 10. The number of benzene rings is 18. The average molecular weight is 1290 g/mol. The summed E-state index contributed by atoms with van der Waals surface area (Å²) in [7, 11) is 0. The van der Waals surface area contributed by atoms with Crippen molar-refractivity contribution < 1.29 is 4.74 Å². The first-order valence-corrected chi connectivity index (χ1v) is 35.0. The maximum atomic E-state index is 6.28. The van der Waals surface area contributed by atoms with Gasteiger partial charge in [-0.25, -0.2) is 0 Å². The van der Waals surface area contributed by atoms with Crippen LogP contribution in [0, 0.1) is 0 Å². The van der Waals surface area contributed by atoms with E-state index in [0.29, 0.717) is 0 Å². The number of aryl methyl sites for hydroxylation is 2. The van der Waals surface area contributed by atoms with E-state index in [1.54, 1.807) is 0 Å². The SMILES string of the molecule is c1ccc(-c2cc3ccccc3cc2-c2c3ccccc3c(-c3ccc(N4c5ccccc5CCc5ccccc54)cc3)c3ccccc23)cc1.c1ccc(-c2cc3ccccc3cc2-c2c3ccccc3c(-c3ccc(N4c5ccccc5Oc5ccccc54)cc3)c3ccccc23)cc1. The minimum Gasteiger partial charge on any atom is -0.453 e. The van der Waals surface area contributed by atoms with Gasteiger partial charge in [0.25, 0.3) is 0 Å². The Morgan fingerprint density at radius 3 is 0.822 bits per heavy atom. The van der Waals surface area contributed by atoms with Gasteiger partial charge in [0, 0.05) is 22.7 Å². The zero-order valence-corrected chi connectivity index (χ0v) is 55.5. The van der Waals surface area contributed by atoms with E-state index in [4.69, 9.17) is 4.74 Å². The molecule has 0 saturated heterocycles. The predicted octanol–water partition coefficient (Wildman–Crippen LogP) is 27.4. The number of rotatable bonds is 8. The summed E-state index contributed by atoms with van der Waals surface area (Å²) >= 11 is 0. The molecule has 3 heteroatoms. The van der Waals surface area contributed by atoms with E-state index in [1.165, 1.54) is 160 Å². The lowest BCUT2D eigenvalue weighted by atomic mass is 9.83. The van der Waals surface area contributed by atoms with Gasteiger partial charge in [0.1, 0.15) is 0 Å². The van der Waals surface area contributed by atoms with Crippen LogP contribution in [0.3, 0.4) is 0 Å². The molecule has 0 radical (unpaired) electrons. The number of hydrogen-bond acceptors (Lipinski definition) is 3. The fraction of sp³-hybridized carbons (Fsp3) is 0.0204. The summed E-state index contributed by atoms with van der Waals surface area (Å²) in [5, 5.41) is 15.0. The van der Waals surface area contributed by atoms with Crippen LogP contribution in [0.25, 0.3) is 131 Å². The zero-order chi connectivity index (χ0) is 66.7. The molecule has 20 rings (SSSR count). The highest BCUT2D eigenvalue weighted by Crippen LogP contribution is 2.53. The minimum atomic E-state index is 0.853. The molecule has 0 saturated carbocycles. The first kappa shape index (κ1) is 59.2. The molecule has 0 aliphatic carbocycles. The van der Waals surface area contributed by atoms with Crippen LogP contribution >= 0.6 is 0 Å². The van der Waals surface area contributed by atoms with Gasteiger partial charge in [0.05, 0.1) is 11.4 Å². The Morgan fingerprint density at radius 1 is 0.198 bits per heavy atom. The lowest BCUT2D eigenvalue weighted by Gasteiger charge is -2.32. The van der Waals surface area contributed by atoms with Crippen LogP contribution in [0.15, 0.2) is 376 Å². The Balaban J connectivity index is 0.000000140. The molecule has 101 heavy (non-hydrogen) atoms. The van der Waals surface area contributed by atoms with Gasteiger partial charge in [-0.05, 0) is 240 Å². The van der Waals surface area contributed by atoms with Crippen molar-refractivity contribution in [3.8, 4) is 78.3 Å². The predicted molar refractivity (Wildman–Crippen MR) is 427 cm³/mol. The standard InChI is InChI=1S/C50H35N.C48H31NO/c1-2-14-34(15-3-1)45-32-38-18-4-5-19-39(38)33-46(45)50-43-22-10-8-20-41(43)49(42-21-9-11-23-44(42)50)37-28-30-40(31-29-37)51-47-24-12-6-16-35(47)26-27-36-17-7-13-25-48(36)51;1-2-14-32(15-3-1)41-30-34-16-4-5-17-35(34)31-42(41)48-39-20-8-6-18-37(39)47(38-19-7-9-21-40(38)48)33-26-28-36(29-27-33)49-43-22-10-12-24-45(43)50-46-25-13-11-23-44(46)49/h1-25,28-33H,26-27H2;1-31H. The van der Waals surface area contributed by atoms with E-state index in [9.17, 15) is 0 Å². The third-order valence-electron chi connectivity index (χ3n) is 20.7. The highest BCUT2D eigenvalue weighted by molar-refractivity contribution is 6.25. The van der Waals surface area contributed by atoms with E-state index in [0.717, 1.165) is 41.4 Å². The van der Waals surface area contributed by atoms with E-state index < -0.39 is 0 Å². The Labute approximate surface area is 588 Å². The van der Waals surface area contributed by atoms with Crippen molar-refractivity contribution in [1.29, 1.82) is 0 Å². The van der Waals surface area contributed by atoms with Crippen molar-refractivity contribution in [3.05, 3.63) is 387 Å². The van der Waals surface area contributed by atoms with E-state index in [2.05, 4.69) is 362 Å². The summed E-state index contributed by atoms with van der Waals surface area (Å²) in [5.74, 6) is 1.71. The van der Waals surface area contributed by atoms with Crippen LogP contribution < -0.4 is 14.5 Å². The van der Waals surface area contributed by atoms with Crippen LogP contribution in [-0.2, 0) is 12.8 Å². The Hall–Kier alpha value is -13.1. The number of ether oxygens (including phenoxy) is 1. The van der Waals surface area contributed by atoms with E-state index >= 15 is 0 Å². The number of hydrogen-bond donors (Lipinski definition) is 0. The topological polar surface area (TPSA) is 15.7 Å². The molecule has 474 valence electrons. The second-order valence-corrected chi connectivity index (χ2v) is 26.5. The second-order valence-electron chi connectivity index (χ2n) is 26.5. The van der Waals surface area contributed by atoms with Gasteiger partial charge in [-0.1, -0.05) is 291 Å². The molecular formula is C98H66N2O. The van der Waals surface area contributed by atoms with Crippen molar-refractivity contribution in [3.63, 3.8) is 0 Å². The molecular weight excluding hydrogens is 1220 g/mol. The lowest BCUT2D eigenvalue weighted by molar-refractivity contribution is 0.477. The molecule has 18 aromatic carbocycles. The second kappa shape index (κ2) is 25.1. The van der Waals surface area contributed by atoms with E-state index in [-0.39, 0.29) is 0 Å². The highest BCUT2D eigenvalue weighted by Gasteiger charge is 2.28. The van der Waals surface area contributed by atoms with Gasteiger partial charge in [0.15, 0.2) is 11.5 Å². The third-order valence-corrected chi connectivity index (χ3v) is 20.7. The Kier molecular flexibility index (Phi) is 14.7. The average Bonchev–Trinajstić information content (AvgIpc) is 1.20. The first-order chi connectivity index (χ1) is 50.1. The number of anilines is 6. The third kappa shape index (κ3) is 10.4. The van der Waals surface area contributed by atoms with Crippen LogP contribution in [-0.4, -0.2) is 0 Å². The van der Waals surface area contributed by atoms with Crippen LogP contribution in [0.2, 0.25) is 0 Å². The molecule has 3 nitrogen and oxygen atoms in total. The van der Waals surface area contributed by atoms with E-state index in [1.807, 2.05) is 24.3 Å². The van der Waals surface area contributed by atoms with Crippen molar-refractivity contribution in [1.82, 2.24) is 0 Å². The van der Waals surface area contributed by atoms with Crippen molar-refractivity contribution >= 4 is 98.8 Å². The fourth-order valence-electron chi connectivity index (χ4n) is 16.2. The highest BCUT2D eigenvalue weighted by atomic mass is 16.5. The molecule has 0 unspecified atom stereocenters. The molecule has 0 N–H and O–H groups in total. The van der Waals surface area contributed by atoms with Gasteiger partial charge < -0.3 is 14.5 Å². The monoisotopic (exact) mass is 1290 g/mol. The summed E-state index contributed by atoms with van der Waals surface area (Å²) in [4.78, 5) is 4.74. The molecule has 2 heterocycles. The van der Waals surface area contributed by atoms with Gasteiger partial charge in [-0.15, -0.1) is 0 Å². The zero-order valence-electron chi connectivity index (χ0n) is 55.5. The van der Waals surface area contributed by atoms with Crippen molar-refractivity contribution in [2.45, 2.75) is 12.8 Å². The minimum absolute atomic E-state index is 0.853. The molecule has 2 aliphatic heterocycles. The quantitative estimate of drug-likeness (QED) is 0.141. The summed E-state index contributed by atoms with van der Waals surface area (Å²) in [5.41, 5.74) is 24.5. The van der Waals surface area contributed by atoms with Gasteiger partial charge >= 0.3 is 0 Å². The van der Waals surface area contributed by atoms with Crippen LogP contribution in [0.1, 0.15) is 11.1 Å². The van der Waals surface area contributed by atoms with Crippen LogP contribution in [0.4, 0.5) is 34.1 Å². The molecule has 0 aromatic heterocycles. The molecule has 0 atom stereocenters. The fourth-order valence-corrected chi connectivity index (χ4v) is 16.2. The van der Waals surface area contributed by atoms with Crippen molar-refractivity contribution in [2.24, 2.45) is 0 Å². The van der Waals surface area contributed by atoms with Gasteiger partial charge in [-0.3, -0.25) is 0 Å². The van der Waals surface area contributed by atoms with Crippen LogP contribution in [0.5, 0.6) is 11.5 Å². The molecule has 0 fully saturated rings. The largest absolute Gasteiger partial charge is 0.453 e. The Morgan fingerprint density at radius 2 is 0.465 bits per heavy atom. The smallest absolute Gasteiger partial charge is 0.151 e. The summed E-state index contributed by atoms with van der Waals surface area (Å²) in [6.07, 6.45) is 2.07. The summed E-state index contributed by atoms with van der Waals surface area (Å²) in [6.45, 7) is 0.